The van der Waals surface area contributed by atoms with Crippen molar-refractivity contribution >= 4 is 0 Å². The zero-order valence-corrected chi connectivity index (χ0v) is 2.38. The van der Waals surface area contributed by atoms with Crippen molar-refractivity contribution in [3.63, 3.8) is 0 Å². The molecule has 0 bridgehead atoms. The molecule has 0 aromatic carbocycles. The molecule has 0 unspecified atom stereocenters. The maximum Gasteiger partial charge on any atom is 0.199 e. The van der Waals surface area contributed by atoms with Crippen molar-refractivity contribution in [3.8, 4) is 0 Å². The highest BCUT2D eigenvalue weighted by Crippen LogP contribution is 1.53. The first-order valence-electron chi connectivity index (χ1n) is 1.01. The van der Waals surface area contributed by atoms with E-state index in [1.54, 1.807) is 0 Å². The van der Waals surface area contributed by atoms with Crippen LogP contribution in [-0.4, -0.2) is 16.6 Å². The van der Waals surface area contributed by atoms with Crippen LogP contribution in [0.4, 0.5) is 0 Å². The lowest BCUT2D eigenvalue weighted by molar-refractivity contribution is -0.0555. The van der Waals surface area contributed by atoms with Gasteiger partial charge in [-0.05, 0) is 0 Å². The van der Waals surface area contributed by atoms with Gasteiger partial charge >= 0.3 is 0 Å². The second-order valence-electron chi connectivity index (χ2n) is 0.492. The summed E-state index contributed by atoms with van der Waals surface area (Å²) in [6, 6.07) is 0. The third-order valence-electron chi connectivity index (χ3n) is 0.105. The predicted molar refractivity (Wildman–Crippen MR) is 14.7 cm³/mol. The third-order valence-corrected chi connectivity index (χ3v) is 0.105. The molecule has 0 aliphatic carbocycles. The van der Waals surface area contributed by atoms with Gasteiger partial charge in [-0.2, -0.15) is 0 Å². The van der Waals surface area contributed by atoms with E-state index in [1.165, 1.54) is 0 Å². The van der Waals surface area contributed by atoms with Crippen LogP contribution < -0.4 is 5.48 Å². The van der Waals surface area contributed by atoms with Gasteiger partial charge in [-0.1, -0.05) is 0 Å². The van der Waals surface area contributed by atoms with Crippen LogP contribution in [0.25, 0.3) is 0 Å². The number of hydrogen-bond acceptors (Lipinski definition) is 4. The van der Waals surface area contributed by atoms with Gasteiger partial charge in [0.05, 0.1) is 0 Å². The molecule has 0 fully saturated rings. The number of nitrogens with one attached hydrogen (secondary N) is 1. The summed E-state index contributed by atoms with van der Waals surface area (Å²) in [6.45, 7) is 0. The second-order valence-corrected chi connectivity index (χ2v) is 0.492. The largest absolute Gasteiger partial charge is 0.784 e. The van der Waals surface area contributed by atoms with Gasteiger partial charge < -0.3 is 20.9 Å². The fourth-order valence-corrected chi connectivity index (χ4v) is 0. The molecule has 0 atom stereocenters. The average molecular weight is 78.0 g/mol. The van der Waals surface area contributed by atoms with Gasteiger partial charge in [0.15, 0.2) is 6.41 Å². The minimum Gasteiger partial charge on any atom is -0.784 e. The normalized spacial score (nSPS) is 9.60. The Balaban J connectivity index is 2.54. The Morgan fingerprint density at radius 2 is 1.80 bits per heavy atom. The van der Waals surface area contributed by atoms with Crippen LogP contribution in [0.3, 0.4) is 0 Å². The maximum atomic E-state index is 8.88. The molecule has 0 saturated heterocycles. The number of hydroxylamine groups is 1. The van der Waals surface area contributed by atoms with Gasteiger partial charge in [0.2, 0.25) is 0 Å². The van der Waals surface area contributed by atoms with Crippen LogP contribution in [-0.2, 0) is 0 Å². The van der Waals surface area contributed by atoms with E-state index in [2.05, 4.69) is 0 Å². The van der Waals surface area contributed by atoms with Gasteiger partial charge in [0, 0.05) is 0 Å². The Hall–Kier alpha value is -0.160. The Bertz CT molecular complexity index is 20.9. The van der Waals surface area contributed by atoms with E-state index in [-0.39, 0.29) is 0 Å². The van der Waals surface area contributed by atoms with E-state index in [4.69, 9.17) is 15.4 Å². The van der Waals surface area contributed by atoms with E-state index in [9.17, 15) is 0 Å². The molecule has 3 N–H and O–H groups in total. The van der Waals surface area contributed by atoms with Crippen molar-refractivity contribution in [3.05, 3.63) is 5.21 Å². The monoisotopic (exact) mass is 78.0 g/mol. The lowest BCUT2D eigenvalue weighted by atomic mass is 11.2. The highest BCUT2D eigenvalue weighted by Gasteiger charge is 1.74. The summed E-state index contributed by atoms with van der Waals surface area (Å²) < 4.78 is 0. The summed E-state index contributed by atoms with van der Waals surface area (Å²) in [7, 11) is 0. The molecule has 0 saturated carbocycles. The van der Waals surface area contributed by atoms with Crippen LogP contribution in [0.5, 0.6) is 0 Å². The molecule has 0 aromatic heterocycles. The Kier molecular flexibility index (Phi) is 2.03. The SMILES string of the molecule is [O-]NC(O)O. The van der Waals surface area contributed by atoms with E-state index in [0.29, 0.717) is 0 Å². The Morgan fingerprint density at radius 3 is 1.80 bits per heavy atom. The smallest absolute Gasteiger partial charge is 0.199 e. The topological polar surface area (TPSA) is 75.5 Å². The van der Waals surface area contributed by atoms with Crippen molar-refractivity contribution in [2.75, 3.05) is 0 Å². The predicted octanol–water partition coefficient (Wildman–Crippen LogP) is -1.66. The van der Waals surface area contributed by atoms with E-state index >= 15 is 0 Å². The van der Waals surface area contributed by atoms with Gasteiger partial charge in [-0.25, -0.2) is 0 Å². The second kappa shape index (κ2) is 2.10. The summed E-state index contributed by atoms with van der Waals surface area (Å²) in [6.07, 6.45) is -1.92. The Labute approximate surface area is 28.6 Å². The molecule has 0 radical (unpaired) electrons. The van der Waals surface area contributed by atoms with Crippen molar-refractivity contribution < 1.29 is 10.2 Å². The summed E-state index contributed by atoms with van der Waals surface area (Å²) >= 11 is 0. The molecule has 4 nitrogen and oxygen atoms in total. The first-order chi connectivity index (χ1) is 2.27. The summed E-state index contributed by atoms with van der Waals surface area (Å²) in [4.78, 5) is 0. The van der Waals surface area contributed by atoms with Crippen LogP contribution in [0.2, 0.25) is 0 Å². The zero-order valence-electron chi connectivity index (χ0n) is 2.38. The maximum absolute atomic E-state index is 8.88. The Morgan fingerprint density at radius 1 is 1.60 bits per heavy atom. The van der Waals surface area contributed by atoms with Crippen LogP contribution in [0, 0.1) is 5.21 Å². The van der Waals surface area contributed by atoms with Crippen molar-refractivity contribution in [2.45, 2.75) is 6.41 Å². The van der Waals surface area contributed by atoms with E-state index < -0.39 is 6.41 Å². The van der Waals surface area contributed by atoms with Gasteiger partial charge in [-0.3, -0.25) is 0 Å². The van der Waals surface area contributed by atoms with Gasteiger partial charge in [0.1, 0.15) is 0 Å². The number of aliphatic hydroxyl groups excluding tert-OH is 1. The standard InChI is InChI=1S/CH4NO3/c3-1(4)2-5/h1-4H/q-1. The number of rotatable bonds is 1. The first kappa shape index (κ1) is 4.84. The van der Waals surface area contributed by atoms with Crippen LogP contribution in [0.1, 0.15) is 0 Å². The molecule has 0 aliphatic rings. The van der Waals surface area contributed by atoms with Crippen molar-refractivity contribution in [1.29, 1.82) is 0 Å². The molecule has 0 rings (SSSR count). The van der Waals surface area contributed by atoms with Crippen molar-refractivity contribution in [1.82, 2.24) is 5.48 Å². The lowest BCUT2D eigenvalue weighted by Crippen LogP contribution is -2.20. The molecule has 5 heavy (non-hydrogen) atoms. The third kappa shape index (κ3) is 3.84. The summed E-state index contributed by atoms with van der Waals surface area (Å²) in [5.74, 6) is 0. The quantitative estimate of drug-likeness (QED) is 0.259. The molecular formula is CH4NO3-. The number of aliphatic hydroxyl groups is 2. The number of hydrogen-bond donors (Lipinski definition) is 3. The fraction of sp³-hybridized carbons (Fsp3) is 1.00. The molecule has 0 aromatic rings. The molecule has 0 spiro atoms. The summed E-state index contributed by atoms with van der Waals surface area (Å²) in [5, 5.41) is 23.9. The van der Waals surface area contributed by atoms with Crippen LogP contribution >= 0.6 is 0 Å². The van der Waals surface area contributed by atoms with Gasteiger partial charge in [0.25, 0.3) is 0 Å². The first-order valence-corrected chi connectivity index (χ1v) is 1.01. The van der Waals surface area contributed by atoms with E-state index in [0.717, 1.165) is 5.48 Å². The minimum absolute atomic E-state index is 0.889. The summed E-state index contributed by atoms with van der Waals surface area (Å²) in [5.41, 5.74) is 0.889. The lowest BCUT2D eigenvalue weighted by Gasteiger charge is -2.06. The van der Waals surface area contributed by atoms with Crippen molar-refractivity contribution in [2.24, 2.45) is 0 Å². The fourth-order valence-electron chi connectivity index (χ4n) is 0. The zero-order chi connectivity index (χ0) is 4.28. The highest BCUT2D eigenvalue weighted by atomic mass is 16.6. The van der Waals surface area contributed by atoms with E-state index in [1.807, 2.05) is 0 Å². The van der Waals surface area contributed by atoms with Crippen LogP contribution in [0.15, 0.2) is 0 Å². The molecular weight excluding hydrogens is 74.0 g/mol. The average Bonchev–Trinajstić information content (AvgIpc) is 1.38. The van der Waals surface area contributed by atoms with Gasteiger partial charge in [-0.15, -0.1) is 0 Å². The molecule has 0 heterocycles. The molecule has 0 amide bonds. The highest BCUT2D eigenvalue weighted by molar-refractivity contribution is 4.29. The minimum atomic E-state index is -1.92. The molecule has 4 heteroatoms. The molecule has 0 aliphatic heterocycles. The molecule has 32 valence electrons.